The maximum Gasteiger partial charge on any atom is 0.214 e. The second-order valence-corrected chi connectivity index (χ2v) is 6.85. The molecule has 0 aromatic heterocycles. The lowest BCUT2D eigenvalue weighted by Gasteiger charge is -2.30. The zero-order valence-electron chi connectivity index (χ0n) is 10.8. The van der Waals surface area contributed by atoms with Gasteiger partial charge in [0.25, 0.3) is 0 Å². The highest BCUT2D eigenvalue weighted by Gasteiger charge is 2.35. The topological polar surface area (TPSA) is 55.4 Å². The molecule has 0 bridgehead atoms. The molecule has 2 rings (SSSR count). The Morgan fingerprint density at radius 3 is 2.68 bits per heavy atom. The van der Waals surface area contributed by atoms with Crippen molar-refractivity contribution in [1.29, 1.82) is 0 Å². The Morgan fingerprint density at radius 2 is 2.05 bits per heavy atom. The highest BCUT2D eigenvalue weighted by atomic mass is 32.2. The molecule has 1 heterocycles. The van der Waals surface area contributed by atoms with Gasteiger partial charge in [0, 0.05) is 12.5 Å². The molecule has 0 aliphatic carbocycles. The van der Waals surface area contributed by atoms with Crippen molar-refractivity contribution in [3.05, 3.63) is 35.6 Å². The highest BCUT2D eigenvalue weighted by Crippen LogP contribution is 2.25. The van der Waals surface area contributed by atoms with Crippen molar-refractivity contribution in [3.63, 3.8) is 0 Å². The van der Waals surface area contributed by atoms with Gasteiger partial charge in [-0.25, -0.2) is 17.5 Å². The van der Waals surface area contributed by atoms with Crippen molar-refractivity contribution in [3.8, 4) is 0 Å². The first-order chi connectivity index (χ1) is 9.03. The lowest BCUT2D eigenvalue weighted by atomic mass is 9.93. The van der Waals surface area contributed by atoms with E-state index in [2.05, 4.69) is 4.72 Å². The first-order valence-corrected chi connectivity index (χ1v) is 7.82. The molecule has 1 aliphatic heterocycles. The fourth-order valence-electron chi connectivity index (χ4n) is 2.45. The average molecular weight is 287 g/mol. The molecule has 2 atom stereocenters. The molecule has 19 heavy (non-hydrogen) atoms. The fraction of sp³-hybridized carbons (Fsp3) is 0.538. The quantitative estimate of drug-likeness (QED) is 0.909. The van der Waals surface area contributed by atoms with Crippen LogP contribution in [0, 0.1) is 11.7 Å². The number of rotatable bonds is 4. The van der Waals surface area contributed by atoms with Crippen LogP contribution >= 0.6 is 0 Å². The van der Waals surface area contributed by atoms with Gasteiger partial charge < -0.3 is 4.74 Å². The highest BCUT2D eigenvalue weighted by molar-refractivity contribution is 7.90. The van der Waals surface area contributed by atoms with Crippen LogP contribution in [0.1, 0.15) is 12.0 Å². The molecule has 0 amide bonds. The van der Waals surface area contributed by atoms with Crippen LogP contribution in [0.4, 0.5) is 4.39 Å². The predicted octanol–water partition coefficient (Wildman–Crippen LogP) is 1.32. The zero-order chi connectivity index (χ0) is 13.9. The van der Waals surface area contributed by atoms with Gasteiger partial charge in [0.05, 0.1) is 11.9 Å². The number of benzene rings is 1. The summed E-state index contributed by atoms with van der Waals surface area (Å²) in [6.07, 6.45) is 1.07. The van der Waals surface area contributed by atoms with Crippen molar-refractivity contribution in [1.82, 2.24) is 4.72 Å². The van der Waals surface area contributed by atoms with Gasteiger partial charge in [0.1, 0.15) is 5.82 Å². The third kappa shape index (κ3) is 3.52. The summed E-state index contributed by atoms with van der Waals surface area (Å²) in [6.45, 7) is 0.883. The summed E-state index contributed by atoms with van der Waals surface area (Å²) in [5, 5.41) is -0.448. The molecule has 1 fully saturated rings. The molecule has 1 saturated heterocycles. The van der Waals surface area contributed by atoms with Gasteiger partial charge in [0.15, 0.2) is 0 Å². The van der Waals surface area contributed by atoms with Crippen LogP contribution in [0.2, 0.25) is 0 Å². The van der Waals surface area contributed by atoms with E-state index in [9.17, 15) is 12.8 Å². The molecule has 1 aromatic rings. The van der Waals surface area contributed by atoms with Crippen LogP contribution < -0.4 is 4.72 Å². The summed E-state index contributed by atoms with van der Waals surface area (Å²) in [6, 6.07) is 6.15. The second-order valence-electron chi connectivity index (χ2n) is 4.74. The van der Waals surface area contributed by atoms with E-state index >= 15 is 0 Å². The summed E-state index contributed by atoms with van der Waals surface area (Å²) in [5.41, 5.74) is 0.924. The molecular formula is C13H18FNO3S. The van der Waals surface area contributed by atoms with E-state index in [0.717, 1.165) is 5.56 Å². The van der Waals surface area contributed by atoms with Gasteiger partial charge >= 0.3 is 0 Å². The SMILES string of the molecule is CNS(=O)(=O)C1CCOCC1Cc1ccc(F)cc1. The summed E-state index contributed by atoms with van der Waals surface area (Å²) in [4.78, 5) is 0. The number of hydrogen-bond donors (Lipinski definition) is 1. The second kappa shape index (κ2) is 5.98. The smallest absolute Gasteiger partial charge is 0.214 e. The van der Waals surface area contributed by atoms with Crippen molar-refractivity contribution < 1.29 is 17.5 Å². The van der Waals surface area contributed by atoms with Crippen LogP contribution in [-0.4, -0.2) is 33.9 Å². The third-order valence-corrected chi connectivity index (χ3v) is 5.49. The molecule has 0 radical (unpaired) electrons. The van der Waals surface area contributed by atoms with Crippen LogP contribution in [-0.2, 0) is 21.2 Å². The number of sulfonamides is 1. The maximum atomic E-state index is 12.9. The first kappa shape index (κ1) is 14.4. The summed E-state index contributed by atoms with van der Waals surface area (Å²) < 4.78 is 44.6. The minimum absolute atomic E-state index is 0.100. The van der Waals surface area contributed by atoms with Crippen molar-refractivity contribution in [2.45, 2.75) is 18.1 Å². The van der Waals surface area contributed by atoms with Gasteiger partial charge in [-0.3, -0.25) is 0 Å². The molecule has 0 spiro atoms. The Hall–Kier alpha value is -0.980. The maximum absolute atomic E-state index is 12.9. The number of nitrogens with one attached hydrogen (secondary N) is 1. The summed E-state index contributed by atoms with van der Waals surface area (Å²) in [5.74, 6) is -0.389. The Kier molecular flexibility index (Phi) is 4.54. The van der Waals surface area contributed by atoms with E-state index in [1.807, 2.05) is 0 Å². The average Bonchev–Trinajstić information content (AvgIpc) is 2.42. The molecule has 0 saturated carbocycles. The Balaban J connectivity index is 2.14. The number of ether oxygens (including phenoxy) is 1. The van der Waals surface area contributed by atoms with Crippen molar-refractivity contribution >= 4 is 10.0 Å². The third-order valence-electron chi connectivity index (χ3n) is 3.50. The number of hydrogen-bond acceptors (Lipinski definition) is 3. The molecule has 1 aromatic carbocycles. The van der Waals surface area contributed by atoms with Crippen LogP contribution in [0.5, 0.6) is 0 Å². The Morgan fingerprint density at radius 1 is 1.37 bits per heavy atom. The van der Waals surface area contributed by atoms with E-state index in [4.69, 9.17) is 4.74 Å². The van der Waals surface area contributed by atoms with Crippen molar-refractivity contribution in [2.24, 2.45) is 5.92 Å². The van der Waals surface area contributed by atoms with Crippen LogP contribution in [0.25, 0.3) is 0 Å². The lowest BCUT2D eigenvalue weighted by Crippen LogP contribution is -2.43. The largest absolute Gasteiger partial charge is 0.381 e. The van der Waals surface area contributed by atoms with Crippen LogP contribution in [0.3, 0.4) is 0 Å². The van der Waals surface area contributed by atoms with Gasteiger partial charge in [0.2, 0.25) is 10.0 Å². The zero-order valence-corrected chi connectivity index (χ0v) is 11.6. The normalized spacial score (nSPS) is 24.3. The lowest BCUT2D eigenvalue weighted by molar-refractivity contribution is 0.0570. The summed E-state index contributed by atoms with van der Waals surface area (Å²) in [7, 11) is -1.87. The molecule has 1 aliphatic rings. The Labute approximate surface area is 113 Å². The van der Waals surface area contributed by atoms with Gasteiger partial charge in [-0.05, 0) is 37.6 Å². The van der Waals surface area contributed by atoms with Gasteiger partial charge in [-0.1, -0.05) is 12.1 Å². The molecule has 6 heteroatoms. The van der Waals surface area contributed by atoms with E-state index in [1.54, 1.807) is 12.1 Å². The van der Waals surface area contributed by atoms with Crippen LogP contribution in [0.15, 0.2) is 24.3 Å². The predicted molar refractivity (Wildman–Crippen MR) is 70.8 cm³/mol. The fourth-order valence-corrected chi connectivity index (χ4v) is 3.84. The molecule has 1 N–H and O–H groups in total. The van der Waals surface area contributed by atoms with E-state index in [1.165, 1.54) is 19.2 Å². The molecule has 2 unspecified atom stereocenters. The monoisotopic (exact) mass is 287 g/mol. The standard InChI is InChI=1S/C13H18FNO3S/c1-15-19(16,17)13-6-7-18-9-11(13)8-10-2-4-12(14)5-3-10/h2-5,11,13,15H,6-9H2,1H3. The Bertz CT molecular complexity index is 515. The van der Waals surface area contributed by atoms with E-state index in [0.29, 0.717) is 26.1 Å². The summed E-state index contributed by atoms with van der Waals surface area (Å²) >= 11 is 0. The van der Waals surface area contributed by atoms with E-state index < -0.39 is 15.3 Å². The van der Waals surface area contributed by atoms with Crippen molar-refractivity contribution in [2.75, 3.05) is 20.3 Å². The number of halogens is 1. The minimum Gasteiger partial charge on any atom is -0.381 e. The minimum atomic E-state index is -3.30. The molecular weight excluding hydrogens is 269 g/mol. The van der Waals surface area contributed by atoms with Gasteiger partial charge in [-0.15, -0.1) is 0 Å². The first-order valence-electron chi connectivity index (χ1n) is 6.27. The molecule has 4 nitrogen and oxygen atoms in total. The van der Waals surface area contributed by atoms with E-state index in [-0.39, 0.29) is 11.7 Å². The van der Waals surface area contributed by atoms with Gasteiger partial charge in [-0.2, -0.15) is 0 Å². The molecule has 106 valence electrons.